The Balaban J connectivity index is 1.34. The zero-order valence-corrected chi connectivity index (χ0v) is 22.8. The van der Waals surface area contributed by atoms with Gasteiger partial charge in [0.15, 0.2) is 6.29 Å². The molecule has 2 aromatic rings. The smallest absolute Gasteiger partial charge is 0.328 e. The van der Waals surface area contributed by atoms with Gasteiger partial charge in [-0.2, -0.15) is 5.26 Å². The lowest BCUT2D eigenvalue weighted by Crippen LogP contribution is -2.40. The number of carbonyl (C=O) groups is 3. The molecule has 2 atom stereocenters. The fourth-order valence-corrected chi connectivity index (χ4v) is 5.51. The van der Waals surface area contributed by atoms with Gasteiger partial charge in [0.2, 0.25) is 0 Å². The highest BCUT2D eigenvalue weighted by molar-refractivity contribution is 6.02. The van der Waals surface area contributed by atoms with E-state index >= 15 is 0 Å². The number of urea groups is 1. The summed E-state index contributed by atoms with van der Waals surface area (Å²) in [5, 5.41) is 12.4. The second kappa shape index (κ2) is 12.0. The number of aldehydes is 1. The Bertz CT molecular complexity index is 1340. The second-order valence-electron chi connectivity index (χ2n) is 10.3. The van der Waals surface area contributed by atoms with Gasteiger partial charge in [-0.15, -0.1) is 0 Å². The van der Waals surface area contributed by atoms with E-state index in [2.05, 4.69) is 26.3 Å². The van der Waals surface area contributed by atoms with Crippen molar-refractivity contribution in [3.05, 3.63) is 40.7 Å². The number of carbonyl (C=O) groups excluding carboxylic acids is 3. The van der Waals surface area contributed by atoms with Gasteiger partial charge < -0.3 is 19.3 Å². The molecule has 3 aliphatic heterocycles. The third kappa shape index (κ3) is 5.61. The van der Waals surface area contributed by atoms with E-state index in [-0.39, 0.29) is 24.2 Å². The SMILES string of the molecule is CO[C@H]1CCN(c2cc(NC(=O)N3CCCc4cc(CN(C)C(=O)[C@H]5CCCO5)c(C=O)nc43)ncc2C#N)C1. The highest BCUT2D eigenvalue weighted by Crippen LogP contribution is 2.30. The molecule has 12 heteroatoms. The first-order valence-electron chi connectivity index (χ1n) is 13.5. The van der Waals surface area contributed by atoms with Crippen LogP contribution in [0.25, 0.3) is 0 Å². The third-order valence-corrected chi connectivity index (χ3v) is 7.68. The molecule has 0 unspecified atom stereocenters. The number of amides is 3. The molecular formula is C28H33N7O5. The van der Waals surface area contributed by atoms with Crippen molar-refractivity contribution in [2.45, 2.75) is 50.9 Å². The fourth-order valence-electron chi connectivity index (χ4n) is 5.51. The van der Waals surface area contributed by atoms with Crippen molar-refractivity contribution >= 4 is 35.5 Å². The summed E-state index contributed by atoms with van der Waals surface area (Å²) in [5.41, 5.74) is 2.76. The molecule has 0 saturated carbocycles. The van der Waals surface area contributed by atoms with Crippen molar-refractivity contribution in [1.82, 2.24) is 14.9 Å². The number of aromatic nitrogens is 2. The number of nitrogens with zero attached hydrogens (tertiary/aromatic N) is 6. The molecule has 210 valence electrons. The number of pyridine rings is 2. The minimum atomic E-state index is -0.447. The Hall–Kier alpha value is -4.08. The molecule has 5 rings (SSSR count). The molecule has 5 heterocycles. The van der Waals surface area contributed by atoms with Crippen LogP contribution < -0.4 is 15.1 Å². The Kier molecular flexibility index (Phi) is 8.23. The van der Waals surface area contributed by atoms with Crippen molar-refractivity contribution < 1.29 is 23.9 Å². The van der Waals surface area contributed by atoms with Crippen LogP contribution in [0.2, 0.25) is 0 Å². The highest BCUT2D eigenvalue weighted by atomic mass is 16.5. The van der Waals surface area contributed by atoms with E-state index in [1.165, 1.54) is 11.1 Å². The average Bonchev–Trinajstić information content (AvgIpc) is 3.69. The van der Waals surface area contributed by atoms with Gasteiger partial charge in [-0.1, -0.05) is 0 Å². The Labute approximate surface area is 232 Å². The van der Waals surface area contributed by atoms with E-state index < -0.39 is 12.1 Å². The maximum Gasteiger partial charge on any atom is 0.328 e. The van der Waals surface area contributed by atoms with Crippen molar-refractivity contribution in [3.8, 4) is 6.07 Å². The molecule has 3 aliphatic rings. The summed E-state index contributed by atoms with van der Waals surface area (Å²) in [6, 6.07) is 5.31. The van der Waals surface area contributed by atoms with Gasteiger partial charge in [0, 0.05) is 64.8 Å². The number of nitrogens with one attached hydrogen (secondary N) is 1. The van der Waals surface area contributed by atoms with Gasteiger partial charge >= 0.3 is 6.03 Å². The van der Waals surface area contributed by atoms with E-state index in [0.717, 1.165) is 24.9 Å². The third-order valence-electron chi connectivity index (χ3n) is 7.68. The number of aryl methyl sites for hydroxylation is 1. The number of rotatable bonds is 7. The molecule has 0 radical (unpaired) electrons. The number of anilines is 3. The number of nitriles is 1. The van der Waals surface area contributed by atoms with E-state index in [1.807, 2.05) is 6.07 Å². The van der Waals surface area contributed by atoms with Crippen LogP contribution in [0.15, 0.2) is 18.3 Å². The summed E-state index contributed by atoms with van der Waals surface area (Å²) >= 11 is 0. The summed E-state index contributed by atoms with van der Waals surface area (Å²) in [7, 11) is 3.36. The molecule has 0 bridgehead atoms. The molecule has 0 aliphatic carbocycles. The van der Waals surface area contributed by atoms with Crippen LogP contribution in [0, 0.1) is 11.3 Å². The first kappa shape index (κ1) is 27.5. The average molecular weight is 548 g/mol. The lowest BCUT2D eigenvalue weighted by Gasteiger charge is -2.30. The molecule has 2 fully saturated rings. The quantitative estimate of drug-likeness (QED) is 0.518. The summed E-state index contributed by atoms with van der Waals surface area (Å²) in [6.45, 7) is 2.60. The molecule has 0 aromatic carbocycles. The molecule has 40 heavy (non-hydrogen) atoms. The minimum Gasteiger partial charge on any atom is -0.380 e. The maximum absolute atomic E-state index is 13.4. The van der Waals surface area contributed by atoms with Crippen molar-refractivity contribution in [2.75, 3.05) is 55.5 Å². The fraction of sp³-hybridized carbons (Fsp3) is 0.500. The van der Waals surface area contributed by atoms with Crippen molar-refractivity contribution in [2.24, 2.45) is 0 Å². The molecule has 2 saturated heterocycles. The molecule has 3 amide bonds. The summed E-state index contributed by atoms with van der Waals surface area (Å²) in [6.07, 6.45) is 5.55. The topological polar surface area (TPSA) is 141 Å². The van der Waals surface area contributed by atoms with Crippen LogP contribution in [-0.4, -0.2) is 85.7 Å². The lowest BCUT2D eigenvalue weighted by atomic mass is 10.0. The minimum absolute atomic E-state index is 0.0829. The Morgan fingerprint density at radius 3 is 2.85 bits per heavy atom. The first-order valence-corrected chi connectivity index (χ1v) is 13.5. The number of ether oxygens (including phenoxy) is 2. The van der Waals surface area contributed by atoms with Gasteiger partial charge in [-0.05, 0) is 43.7 Å². The largest absolute Gasteiger partial charge is 0.380 e. The monoisotopic (exact) mass is 547 g/mol. The van der Waals surface area contributed by atoms with Gasteiger partial charge in [0.05, 0.1) is 17.4 Å². The van der Waals surface area contributed by atoms with Crippen LogP contribution in [0.4, 0.5) is 22.1 Å². The Morgan fingerprint density at radius 1 is 1.30 bits per heavy atom. The summed E-state index contributed by atoms with van der Waals surface area (Å²) < 4.78 is 11.0. The number of likely N-dealkylation sites (N-methyl/N-ethyl adjacent to an activating group) is 1. The molecule has 12 nitrogen and oxygen atoms in total. The van der Waals surface area contributed by atoms with Crippen molar-refractivity contribution in [3.63, 3.8) is 0 Å². The van der Waals surface area contributed by atoms with Crippen LogP contribution in [-0.2, 0) is 27.2 Å². The van der Waals surface area contributed by atoms with Crippen LogP contribution in [0.5, 0.6) is 0 Å². The number of hydrogen-bond donors (Lipinski definition) is 1. The molecule has 1 N–H and O–H groups in total. The van der Waals surface area contributed by atoms with Crippen LogP contribution in [0.3, 0.4) is 0 Å². The van der Waals surface area contributed by atoms with E-state index in [4.69, 9.17) is 9.47 Å². The predicted octanol–water partition coefficient (Wildman–Crippen LogP) is 2.51. The summed E-state index contributed by atoms with van der Waals surface area (Å²) in [5.74, 6) is 0.613. The van der Waals surface area contributed by atoms with Crippen molar-refractivity contribution in [1.29, 1.82) is 5.26 Å². The zero-order valence-electron chi connectivity index (χ0n) is 22.8. The normalized spacial score (nSPS) is 20.1. The number of hydrogen-bond acceptors (Lipinski definition) is 9. The van der Waals surface area contributed by atoms with Crippen LogP contribution >= 0.6 is 0 Å². The van der Waals surface area contributed by atoms with Gasteiger partial charge in [0.25, 0.3) is 5.91 Å². The second-order valence-corrected chi connectivity index (χ2v) is 10.3. The maximum atomic E-state index is 13.4. The van der Waals surface area contributed by atoms with Gasteiger partial charge in [-0.3, -0.25) is 19.8 Å². The first-order chi connectivity index (χ1) is 19.4. The van der Waals surface area contributed by atoms with Gasteiger partial charge in [-0.25, -0.2) is 14.8 Å². The number of fused-ring (bicyclic) bond motifs is 1. The number of methoxy groups -OCH3 is 1. The summed E-state index contributed by atoms with van der Waals surface area (Å²) in [4.78, 5) is 52.1. The standard InChI is InChI=1S/C28H33N7O5/c1-33(27(37)24-6-4-10-40-24)15-19-11-18-5-3-8-35(26(18)31-22(19)17-36)28(38)32-25-12-23(20(13-29)14-30-25)34-9-7-21(16-34)39-2/h11-12,14,17,21,24H,3-10,15-16H2,1-2H3,(H,30,32,38)/t21-,24+/m0/s1. The van der Waals surface area contributed by atoms with Crippen LogP contribution in [0.1, 0.15) is 52.9 Å². The highest BCUT2D eigenvalue weighted by Gasteiger charge is 2.30. The van der Waals surface area contributed by atoms with Gasteiger partial charge in [0.1, 0.15) is 29.5 Å². The molecule has 0 spiro atoms. The molecule has 2 aromatic heterocycles. The Morgan fingerprint density at radius 2 is 2.15 bits per heavy atom. The zero-order chi connectivity index (χ0) is 28.2. The lowest BCUT2D eigenvalue weighted by molar-refractivity contribution is -0.140. The van der Waals surface area contributed by atoms with E-state index in [1.54, 1.807) is 25.1 Å². The van der Waals surface area contributed by atoms with E-state index in [0.29, 0.717) is 73.7 Å². The predicted molar refractivity (Wildman–Crippen MR) is 146 cm³/mol. The molecular weight excluding hydrogens is 514 g/mol. The van der Waals surface area contributed by atoms with E-state index in [9.17, 15) is 19.6 Å².